The molecule has 2 N–H and O–H groups in total. The maximum absolute atomic E-state index is 13.0. The van der Waals surface area contributed by atoms with E-state index in [1.165, 1.54) is 9.25 Å². The van der Waals surface area contributed by atoms with Gasteiger partial charge in [0.15, 0.2) is 0 Å². The Balaban J connectivity index is 1.97. The number of hydrogen-bond donors (Lipinski definition) is 2. The molecule has 0 spiro atoms. The van der Waals surface area contributed by atoms with E-state index in [2.05, 4.69) is 10.4 Å². The second-order valence-electron chi connectivity index (χ2n) is 6.85. The highest BCUT2D eigenvalue weighted by atomic mass is 16.3. The van der Waals surface area contributed by atoms with Crippen LogP contribution in [0.3, 0.4) is 0 Å². The van der Waals surface area contributed by atoms with Crippen LogP contribution in [0, 0.1) is 6.92 Å². The fourth-order valence-corrected chi connectivity index (χ4v) is 2.89. The fraction of sp³-hybridized carbons (Fsp3) is 0.286. The van der Waals surface area contributed by atoms with E-state index in [9.17, 15) is 14.7 Å². The summed E-state index contributed by atoms with van der Waals surface area (Å²) in [5.41, 5.74) is 2.29. The zero-order chi connectivity index (χ0) is 20.1. The van der Waals surface area contributed by atoms with Crippen LogP contribution < -0.4 is 11.0 Å². The van der Waals surface area contributed by atoms with Crippen LogP contribution in [0.25, 0.3) is 5.69 Å². The molecule has 7 nitrogen and oxygen atoms in total. The molecule has 1 heterocycles. The number of aryl methyl sites for hydroxylation is 1. The van der Waals surface area contributed by atoms with Gasteiger partial charge in [-0.2, -0.15) is 4.68 Å². The first-order chi connectivity index (χ1) is 13.4. The van der Waals surface area contributed by atoms with Crippen LogP contribution in [0.5, 0.6) is 0 Å². The van der Waals surface area contributed by atoms with E-state index in [0.29, 0.717) is 17.9 Å². The summed E-state index contributed by atoms with van der Waals surface area (Å²) < 4.78 is 2.71. The molecular formula is C21H24N4O3. The van der Waals surface area contributed by atoms with Gasteiger partial charge in [0.25, 0.3) is 0 Å². The predicted molar refractivity (Wildman–Crippen MR) is 106 cm³/mol. The molecule has 0 saturated carbocycles. The highest BCUT2D eigenvalue weighted by molar-refractivity contribution is 5.75. The molecule has 0 aliphatic rings. The van der Waals surface area contributed by atoms with E-state index < -0.39 is 6.10 Å². The smallest absolute Gasteiger partial charge is 0.351 e. The van der Waals surface area contributed by atoms with Crippen LogP contribution in [-0.2, 0) is 17.8 Å². The topological polar surface area (TPSA) is 89.2 Å². The zero-order valence-corrected chi connectivity index (χ0v) is 16.0. The van der Waals surface area contributed by atoms with E-state index in [0.717, 1.165) is 11.1 Å². The largest absolute Gasteiger partial charge is 0.392 e. The highest BCUT2D eigenvalue weighted by Crippen LogP contribution is 2.10. The minimum absolute atomic E-state index is 0.133. The first kappa shape index (κ1) is 19.6. The van der Waals surface area contributed by atoms with Crippen molar-refractivity contribution in [3.63, 3.8) is 0 Å². The Hall–Kier alpha value is -3.19. The number of carbonyl (C=O) groups excluding carboxylic acids is 1. The standard InChI is InChI=1S/C21H24N4O3/c1-15-7-6-10-18(11-15)25-21(28)24(14-20(27)22-13-16(2)26)19(23-25)12-17-8-4-3-5-9-17/h3-11,16,26H,12-14H2,1-2H3,(H,22,27)/t16-/m1/s1. The average molecular weight is 380 g/mol. The molecule has 0 aliphatic heterocycles. The molecule has 28 heavy (non-hydrogen) atoms. The quantitative estimate of drug-likeness (QED) is 0.649. The molecule has 0 saturated heterocycles. The Kier molecular flexibility index (Phi) is 6.06. The third-order valence-electron chi connectivity index (χ3n) is 4.29. The van der Waals surface area contributed by atoms with Crippen LogP contribution in [-0.4, -0.2) is 38.0 Å². The Labute approximate surface area is 163 Å². The van der Waals surface area contributed by atoms with Crippen molar-refractivity contribution < 1.29 is 9.90 Å². The van der Waals surface area contributed by atoms with E-state index >= 15 is 0 Å². The maximum Gasteiger partial charge on any atom is 0.351 e. The van der Waals surface area contributed by atoms with Gasteiger partial charge in [-0.15, -0.1) is 5.10 Å². The summed E-state index contributed by atoms with van der Waals surface area (Å²) in [7, 11) is 0. The lowest BCUT2D eigenvalue weighted by molar-refractivity contribution is -0.122. The van der Waals surface area contributed by atoms with Gasteiger partial charge in [0.05, 0.1) is 11.8 Å². The summed E-state index contributed by atoms with van der Waals surface area (Å²) in [6.45, 7) is 3.51. The molecule has 0 fully saturated rings. The average Bonchev–Trinajstić information content (AvgIpc) is 2.97. The number of benzene rings is 2. The van der Waals surface area contributed by atoms with Crippen molar-refractivity contribution >= 4 is 5.91 Å². The lowest BCUT2D eigenvalue weighted by Crippen LogP contribution is -2.36. The van der Waals surface area contributed by atoms with Gasteiger partial charge in [-0.3, -0.25) is 9.36 Å². The molecule has 1 atom stereocenters. The van der Waals surface area contributed by atoms with E-state index in [4.69, 9.17) is 0 Å². The summed E-state index contributed by atoms with van der Waals surface area (Å²) in [5, 5.41) is 16.5. The van der Waals surface area contributed by atoms with Crippen LogP contribution in [0.1, 0.15) is 23.9 Å². The molecule has 2 aromatic carbocycles. The lowest BCUT2D eigenvalue weighted by atomic mass is 10.1. The van der Waals surface area contributed by atoms with Crippen molar-refractivity contribution in [2.45, 2.75) is 32.9 Å². The van der Waals surface area contributed by atoms with Crippen molar-refractivity contribution in [3.05, 3.63) is 82.0 Å². The minimum Gasteiger partial charge on any atom is -0.392 e. The number of nitrogens with one attached hydrogen (secondary N) is 1. The van der Waals surface area contributed by atoms with Gasteiger partial charge in [-0.05, 0) is 37.1 Å². The molecule has 0 radical (unpaired) electrons. The number of carbonyl (C=O) groups is 1. The van der Waals surface area contributed by atoms with Gasteiger partial charge in [0, 0.05) is 13.0 Å². The number of nitrogens with zero attached hydrogens (tertiary/aromatic N) is 3. The maximum atomic E-state index is 13.0. The van der Waals surface area contributed by atoms with Crippen LogP contribution in [0.15, 0.2) is 59.4 Å². The fourth-order valence-electron chi connectivity index (χ4n) is 2.89. The van der Waals surface area contributed by atoms with Crippen molar-refractivity contribution in [2.75, 3.05) is 6.54 Å². The summed E-state index contributed by atoms with van der Waals surface area (Å²) >= 11 is 0. The molecular weight excluding hydrogens is 356 g/mol. The van der Waals surface area contributed by atoms with Gasteiger partial charge in [-0.1, -0.05) is 42.5 Å². The third kappa shape index (κ3) is 4.75. The molecule has 3 aromatic rings. The minimum atomic E-state index is -0.653. The van der Waals surface area contributed by atoms with Gasteiger partial charge < -0.3 is 10.4 Å². The molecule has 1 aromatic heterocycles. The monoisotopic (exact) mass is 380 g/mol. The Morgan fingerprint density at radius 1 is 1.18 bits per heavy atom. The second kappa shape index (κ2) is 8.67. The number of hydrogen-bond acceptors (Lipinski definition) is 4. The highest BCUT2D eigenvalue weighted by Gasteiger charge is 2.18. The number of aliphatic hydroxyl groups is 1. The normalized spacial score (nSPS) is 12.0. The lowest BCUT2D eigenvalue weighted by Gasteiger charge is -2.08. The van der Waals surface area contributed by atoms with Gasteiger partial charge >= 0.3 is 5.69 Å². The molecule has 0 aliphatic carbocycles. The molecule has 0 bridgehead atoms. The third-order valence-corrected chi connectivity index (χ3v) is 4.29. The summed E-state index contributed by atoms with van der Waals surface area (Å²) in [6.07, 6.45) is -0.224. The Bertz CT molecular complexity index is 1010. The van der Waals surface area contributed by atoms with E-state index in [1.54, 1.807) is 6.92 Å². The predicted octanol–water partition coefficient (Wildman–Crippen LogP) is 1.43. The Morgan fingerprint density at radius 3 is 2.61 bits per heavy atom. The van der Waals surface area contributed by atoms with Crippen molar-refractivity contribution in [2.24, 2.45) is 0 Å². The zero-order valence-electron chi connectivity index (χ0n) is 16.0. The van der Waals surface area contributed by atoms with Crippen molar-refractivity contribution in [3.8, 4) is 5.69 Å². The number of aliphatic hydroxyl groups excluding tert-OH is 1. The van der Waals surface area contributed by atoms with E-state index in [-0.39, 0.29) is 24.7 Å². The first-order valence-corrected chi connectivity index (χ1v) is 9.18. The molecule has 146 valence electrons. The van der Waals surface area contributed by atoms with Gasteiger partial charge in [0.2, 0.25) is 5.91 Å². The van der Waals surface area contributed by atoms with Crippen molar-refractivity contribution in [1.29, 1.82) is 0 Å². The van der Waals surface area contributed by atoms with Crippen LogP contribution >= 0.6 is 0 Å². The number of rotatable bonds is 7. The SMILES string of the molecule is Cc1cccc(-n2nc(Cc3ccccc3)n(CC(=O)NC[C@@H](C)O)c2=O)c1. The van der Waals surface area contributed by atoms with Crippen LogP contribution in [0.4, 0.5) is 0 Å². The molecule has 1 amide bonds. The summed E-state index contributed by atoms with van der Waals surface area (Å²) in [6, 6.07) is 17.2. The van der Waals surface area contributed by atoms with E-state index in [1.807, 2.05) is 61.5 Å². The van der Waals surface area contributed by atoms with Crippen molar-refractivity contribution in [1.82, 2.24) is 19.7 Å². The second-order valence-corrected chi connectivity index (χ2v) is 6.85. The van der Waals surface area contributed by atoms with Gasteiger partial charge in [0.1, 0.15) is 12.4 Å². The van der Waals surface area contributed by atoms with Gasteiger partial charge in [-0.25, -0.2) is 4.79 Å². The summed E-state index contributed by atoms with van der Waals surface area (Å²) in [5.74, 6) is 0.158. The molecule has 0 unspecified atom stereocenters. The van der Waals surface area contributed by atoms with Crippen LogP contribution in [0.2, 0.25) is 0 Å². The number of amides is 1. The Morgan fingerprint density at radius 2 is 1.93 bits per heavy atom. The number of aromatic nitrogens is 3. The summed E-state index contributed by atoms with van der Waals surface area (Å²) in [4.78, 5) is 25.3. The molecule has 7 heteroatoms. The molecule has 3 rings (SSSR count). The first-order valence-electron chi connectivity index (χ1n) is 9.18.